The number of rotatable bonds is 4. The highest BCUT2D eigenvalue weighted by Gasteiger charge is 2.24. The minimum Gasteiger partial charge on any atom is -0.260 e. The smallest absolute Gasteiger partial charge is 0.201 e. The van der Waals surface area contributed by atoms with Crippen molar-refractivity contribution in [2.45, 2.75) is 58.0 Å². The van der Waals surface area contributed by atoms with Gasteiger partial charge in [-0.3, -0.25) is 4.68 Å². The quantitative estimate of drug-likeness (QED) is 0.738. The minimum absolute atomic E-state index is 0.414. The van der Waals surface area contributed by atoms with Gasteiger partial charge in [0.15, 0.2) is 0 Å². The highest BCUT2D eigenvalue weighted by atomic mass is 15.6. The second-order valence-electron chi connectivity index (χ2n) is 6.33. The van der Waals surface area contributed by atoms with E-state index >= 15 is 0 Å². The van der Waals surface area contributed by atoms with E-state index in [-0.39, 0.29) is 0 Å². The van der Waals surface area contributed by atoms with Crippen LogP contribution in [-0.2, 0) is 6.54 Å². The molecule has 0 bridgehead atoms. The topological polar surface area (TPSA) is 61.4 Å². The summed E-state index contributed by atoms with van der Waals surface area (Å²) in [5.41, 5.74) is 2.06. The Morgan fingerprint density at radius 1 is 1.13 bits per heavy atom. The Morgan fingerprint density at radius 3 is 2.78 bits per heavy atom. The SMILES string of the molecule is CCCn1nc2ccccc2c1-c1nnnn1C1CCCCC1. The van der Waals surface area contributed by atoms with Crippen molar-refractivity contribution in [1.82, 2.24) is 30.0 Å². The van der Waals surface area contributed by atoms with Crippen LogP contribution < -0.4 is 0 Å². The van der Waals surface area contributed by atoms with Crippen molar-refractivity contribution in [3.8, 4) is 11.5 Å². The highest BCUT2D eigenvalue weighted by molar-refractivity contribution is 5.91. The Labute approximate surface area is 135 Å². The van der Waals surface area contributed by atoms with Gasteiger partial charge >= 0.3 is 0 Å². The lowest BCUT2D eigenvalue weighted by Gasteiger charge is -2.22. The van der Waals surface area contributed by atoms with E-state index in [2.05, 4.69) is 45.3 Å². The summed E-state index contributed by atoms with van der Waals surface area (Å²) in [6, 6.07) is 8.67. The van der Waals surface area contributed by atoms with Gasteiger partial charge in [-0.05, 0) is 35.8 Å². The maximum Gasteiger partial charge on any atom is 0.201 e. The molecule has 1 fully saturated rings. The van der Waals surface area contributed by atoms with Crippen molar-refractivity contribution in [3.63, 3.8) is 0 Å². The number of aromatic nitrogens is 6. The molecule has 0 spiro atoms. The lowest BCUT2D eigenvalue weighted by Crippen LogP contribution is -2.16. The average molecular weight is 310 g/mol. The molecule has 0 unspecified atom stereocenters. The number of nitrogens with zero attached hydrogens (tertiary/aromatic N) is 6. The van der Waals surface area contributed by atoms with E-state index in [1.807, 2.05) is 10.7 Å². The van der Waals surface area contributed by atoms with Crippen LogP contribution in [0.3, 0.4) is 0 Å². The van der Waals surface area contributed by atoms with Crippen molar-refractivity contribution < 1.29 is 0 Å². The number of fused-ring (bicyclic) bond motifs is 1. The van der Waals surface area contributed by atoms with Gasteiger partial charge in [-0.1, -0.05) is 44.4 Å². The summed E-state index contributed by atoms with van der Waals surface area (Å²) >= 11 is 0. The highest BCUT2D eigenvalue weighted by Crippen LogP contribution is 2.33. The summed E-state index contributed by atoms with van der Waals surface area (Å²) in [5, 5.41) is 18.6. The molecule has 1 saturated carbocycles. The molecule has 6 heteroatoms. The fraction of sp³-hybridized carbons (Fsp3) is 0.529. The van der Waals surface area contributed by atoms with E-state index < -0.39 is 0 Å². The second kappa shape index (κ2) is 6.10. The molecule has 1 aliphatic rings. The zero-order valence-electron chi connectivity index (χ0n) is 13.5. The van der Waals surface area contributed by atoms with Gasteiger partial charge in [0.2, 0.25) is 5.82 Å². The first-order valence-electron chi connectivity index (χ1n) is 8.62. The summed E-state index contributed by atoms with van der Waals surface area (Å²) in [6.07, 6.45) is 7.21. The van der Waals surface area contributed by atoms with Crippen LogP contribution in [0.25, 0.3) is 22.4 Å². The Hall–Kier alpha value is -2.24. The van der Waals surface area contributed by atoms with Gasteiger partial charge in [-0.25, -0.2) is 4.68 Å². The molecule has 0 N–H and O–H groups in total. The first kappa shape index (κ1) is 14.4. The average Bonchev–Trinajstić information content (AvgIpc) is 3.19. The van der Waals surface area contributed by atoms with Gasteiger partial charge in [0.1, 0.15) is 5.69 Å². The Balaban J connectivity index is 1.86. The van der Waals surface area contributed by atoms with Crippen molar-refractivity contribution in [2.24, 2.45) is 0 Å². The first-order valence-corrected chi connectivity index (χ1v) is 8.62. The molecule has 2 heterocycles. The van der Waals surface area contributed by atoms with Crippen molar-refractivity contribution in [1.29, 1.82) is 0 Å². The van der Waals surface area contributed by atoms with E-state index in [1.54, 1.807) is 0 Å². The van der Waals surface area contributed by atoms with Gasteiger partial charge in [0.25, 0.3) is 0 Å². The van der Waals surface area contributed by atoms with Crippen LogP contribution in [-0.4, -0.2) is 30.0 Å². The monoisotopic (exact) mass is 310 g/mol. The van der Waals surface area contributed by atoms with Crippen molar-refractivity contribution in [2.75, 3.05) is 0 Å². The molecule has 0 amide bonds. The van der Waals surface area contributed by atoms with E-state index in [0.717, 1.165) is 48.2 Å². The molecule has 2 aromatic heterocycles. The Kier molecular flexibility index (Phi) is 3.81. The second-order valence-corrected chi connectivity index (χ2v) is 6.33. The third-order valence-corrected chi connectivity index (χ3v) is 4.71. The number of aryl methyl sites for hydroxylation is 1. The van der Waals surface area contributed by atoms with Gasteiger partial charge in [-0.15, -0.1) is 5.10 Å². The van der Waals surface area contributed by atoms with Gasteiger partial charge in [0.05, 0.1) is 11.6 Å². The third kappa shape index (κ3) is 2.52. The zero-order chi connectivity index (χ0) is 15.6. The Bertz CT molecular complexity index is 796. The number of tetrazole rings is 1. The molecule has 1 aromatic carbocycles. The summed E-state index contributed by atoms with van der Waals surface area (Å²) < 4.78 is 4.10. The van der Waals surface area contributed by atoms with E-state index in [4.69, 9.17) is 5.10 Å². The van der Waals surface area contributed by atoms with Crippen LogP contribution in [0.2, 0.25) is 0 Å². The van der Waals surface area contributed by atoms with Crippen molar-refractivity contribution >= 4 is 10.9 Å². The number of hydrogen-bond acceptors (Lipinski definition) is 4. The number of hydrogen-bond donors (Lipinski definition) is 0. The summed E-state index contributed by atoms with van der Waals surface area (Å²) in [4.78, 5) is 0. The molecule has 0 saturated heterocycles. The molecule has 4 rings (SSSR count). The predicted octanol–water partition coefficient (Wildman–Crippen LogP) is 3.61. The van der Waals surface area contributed by atoms with Crippen LogP contribution in [0.1, 0.15) is 51.5 Å². The lowest BCUT2D eigenvalue weighted by molar-refractivity contribution is 0.326. The zero-order valence-corrected chi connectivity index (χ0v) is 13.5. The lowest BCUT2D eigenvalue weighted by atomic mass is 9.95. The summed E-state index contributed by atoms with van der Waals surface area (Å²) in [7, 11) is 0. The van der Waals surface area contributed by atoms with Crippen LogP contribution in [0.15, 0.2) is 24.3 Å². The van der Waals surface area contributed by atoms with Crippen molar-refractivity contribution in [3.05, 3.63) is 24.3 Å². The first-order chi connectivity index (χ1) is 11.4. The predicted molar refractivity (Wildman–Crippen MR) is 89.0 cm³/mol. The van der Waals surface area contributed by atoms with Gasteiger partial charge < -0.3 is 0 Å². The molecule has 120 valence electrons. The molecule has 23 heavy (non-hydrogen) atoms. The molecular formula is C17H22N6. The van der Waals surface area contributed by atoms with Crippen LogP contribution >= 0.6 is 0 Å². The van der Waals surface area contributed by atoms with E-state index in [1.165, 1.54) is 19.3 Å². The van der Waals surface area contributed by atoms with Crippen LogP contribution in [0.5, 0.6) is 0 Å². The van der Waals surface area contributed by atoms with Gasteiger partial charge in [0, 0.05) is 11.9 Å². The summed E-state index contributed by atoms with van der Waals surface area (Å²) in [6.45, 7) is 3.04. The maximum absolute atomic E-state index is 4.75. The molecule has 0 radical (unpaired) electrons. The van der Waals surface area contributed by atoms with Gasteiger partial charge in [-0.2, -0.15) is 5.10 Å². The largest absolute Gasteiger partial charge is 0.260 e. The molecule has 0 atom stereocenters. The van der Waals surface area contributed by atoms with Crippen LogP contribution in [0, 0.1) is 0 Å². The normalized spacial score (nSPS) is 16.2. The van der Waals surface area contributed by atoms with Crippen LogP contribution in [0.4, 0.5) is 0 Å². The Morgan fingerprint density at radius 2 is 1.96 bits per heavy atom. The fourth-order valence-corrected chi connectivity index (χ4v) is 3.61. The fourth-order valence-electron chi connectivity index (χ4n) is 3.61. The minimum atomic E-state index is 0.414. The van der Waals surface area contributed by atoms with E-state index in [9.17, 15) is 0 Å². The molecule has 1 aliphatic carbocycles. The molecule has 6 nitrogen and oxygen atoms in total. The molecule has 0 aliphatic heterocycles. The maximum atomic E-state index is 4.75. The van der Waals surface area contributed by atoms with E-state index in [0.29, 0.717) is 6.04 Å². The standard InChI is InChI=1S/C17H22N6/c1-2-12-22-16(14-10-6-7-11-15(14)19-22)17-18-20-21-23(17)13-8-4-3-5-9-13/h6-7,10-11,13H,2-5,8-9,12H2,1H3. The molecular weight excluding hydrogens is 288 g/mol. The number of benzene rings is 1. The third-order valence-electron chi connectivity index (χ3n) is 4.71. The molecule has 3 aromatic rings. The summed E-state index contributed by atoms with van der Waals surface area (Å²) in [5.74, 6) is 0.860.